The number of unbranched alkanes of at least 4 members (excludes halogenated alkanes) is 1. The van der Waals surface area contributed by atoms with Crippen LogP contribution in [0.25, 0.3) is 0 Å². The van der Waals surface area contributed by atoms with Crippen LogP contribution in [0.3, 0.4) is 0 Å². The van der Waals surface area contributed by atoms with Gasteiger partial charge in [-0.3, -0.25) is 9.59 Å². The van der Waals surface area contributed by atoms with Gasteiger partial charge in [0.15, 0.2) is 0 Å². The molecule has 1 heterocycles. The summed E-state index contributed by atoms with van der Waals surface area (Å²) in [5.41, 5.74) is -1.12. The summed E-state index contributed by atoms with van der Waals surface area (Å²) in [4.78, 5) is 29.6. The van der Waals surface area contributed by atoms with Crippen molar-refractivity contribution in [1.29, 1.82) is 0 Å². The summed E-state index contributed by atoms with van der Waals surface area (Å²) in [5, 5.41) is 11.8. The molecule has 1 aliphatic heterocycles. The molecule has 0 bridgehead atoms. The molecule has 1 atom stereocenters. The molecular formula is C15H25N2NaO3. The number of hydrogen-bond donors (Lipinski definition) is 0. The molecule has 0 N–H and O–H groups in total. The minimum Gasteiger partial charge on any atom is -0.846 e. The minimum atomic E-state index is -1.12. The average molecular weight is 304 g/mol. The molecule has 0 aliphatic carbocycles. The van der Waals surface area contributed by atoms with E-state index in [1.54, 1.807) is 0 Å². The first-order chi connectivity index (χ1) is 9.39. The Morgan fingerprint density at radius 1 is 1.29 bits per heavy atom. The molecule has 0 saturated carbocycles. The van der Waals surface area contributed by atoms with Gasteiger partial charge in [-0.15, -0.1) is 0 Å². The molecule has 21 heavy (non-hydrogen) atoms. The first-order valence-corrected chi connectivity index (χ1v) is 7.51. The van der Waals surface area contributed by atoms with Gasteiger partial charge in [-0.05, 0) is 31.6 Å². The molecule has 0 aromatic heterocycles. The minimum absolute atomic E-state index is 0. The predicted octanol–water partition coefficient (Wildman–Crippen LogP) is -1.29. The molecule has 5 nitrogen and oxygen atoms in total. The number of amides is 2. The van der Waals surface area contributed by atoms with Gasteiger partial charge in [0.05, 0.1) is 6.02 Å². The van der Waals surface area contributed by atoms with Crippen molar-refractivity contribution in [3.05, 3.63) is 0 Å². The average Bonchev–Trinajstić information content (AvgIpc) is 2.38. The van der Waals surface area contributed by atoms with Gasteiger partial charge in [0.1, 0.15) is 5.41 Å². The van der Waals surface area contributed by atoms with Crippen molar-refractivity contribution in [1.82, 2.24) is 4.90 Å². The van der Waals surface area contributed by atoms with Crippen molar-refractivity contribution in [2.75, 3.05) is 6.54 Å². The largest absolute Gasteiger partial charge is 1.00 e. The Hall–Kier alpha value is -0.390. The second-order valence-electron chi connectivity index (χ2n) is 5.88. The van der Waals surface area contributed by atoms with Gasteiger partial charge in [-0.1, -0.05) is 34.1 Å². The summed E-state index contributed by atoms with van der Waals surface area (Å²) in [6.07, 6.45) is 3.27. The summed E-state index contributed by atoms with van der Waals surface area (Å²) in [6.45, 7) is 8.28. The van der Waals surface area contributed by atoms with Crippen molar-refractivity contribution >= 4 is 17.8 Å². The third-order valence-corrected chi connectivity index (χ3v) is 3.98. The van der Waals surface area contributed by atoms with Gasteiger partial charge in [0.2, 0.25) is 5.91 Å². The van der Waals surface area contributed by atoms with Crippen LogP contribution in [0.4, 0.5) is 0 Å². The third-order valence-electron chi connectivity index (χ3n) is 3.98. The number of rotatable bonds is 7. The summed E-state index contributed by atoms with van der Waals surface area (Å²) in [6, 6.07) is -0.693. The molecule has 0 aromatic carbocycles. The molecule has 6 heteroatoms. The number of hydrogen-bond acceptors (Lipinski definition) is 3. The predicted molar refractivity (Wildman–Crippen MR) is 75.9 cm³/mol. The molecule has 1 unspecified atom stereocenters. The van der Waals surface area contributed by atoms with Crippen molar-refractivity contribution in [2.24, 2.45) is 16.3 Å². The molecular weight excluding hydrogens is 279 g/mol. The third kappa shape index (κ3) is 4.54. The smallest absolute Gasteiger partial charge is 0.846 e. The Balaban J connectivity index is 0.00000400. The maximum absolute atomic E-state index is 12.6. The van der Waals surface area contributed by atoms with Crippen LogP contribution in [-0.4, -0.2) is 29.3 Å². The second-order valence-corrected chi connectivity index (χ2v) is 5.88. The van der Waals surface area contributed by atoms with Crippen molar-refractivity contribution in [3.8, 4) is 0 Å². The van der Waals surface area contributed by atoms with E-state index >= 15 is 0 Å². The number of amidine groups is 1. The van der Waals surface area contributed by atoms with Crippen LogP contribution in [-0.2, 0) is 9.59 Å². The Kier molecular flexibility index (Phi) is 8.74. The molecule has 0 saturated heterocycles. The molecule has 0 spiro atoms. The number of carbonyl (C=O) groups is 2. The van der Waals surface area contributed by atoms with Gasteiger partial charge in [0, 0.05) is 6.54 Å². The van der Waals surface area contributed by atoms with Crippen LogP contribution >= 0.6 is 0 Å². The van der Waals surface area contributed by atoms with E-state index < -0.39 is 17.3 Å². The van der Waals surface area contributed by atoms with Crippen LogP contribution in [0.1, 0.15) is 59.8 Å². The van der Waals surface area contributed by atoms with Crippen LogP contribution < -0.4 is 34.7 Å². The van der Waals surface area contributed by atoms with Gasteiger partial charge in [-0.2, -0.15) is 0 Å². The Morgan fingerprint density at radius 2 is 1.90 bits per heavy atom. The van der Waals surface area contributed by atoms with E-state index in [2.05, 4.69) is 18.8 Å². The molecule has 1 aliphatic rings. The quantitative estimate of drug-likeness (QED) is 0.434. The van der Waals surface area contributed by atoms with Crippen molar-refractivity contribution in [2.45, 2.75) is 59.8 Å². The molecule has 2 amide bonds. The SMILES string of the molecule is CCCCN1C(=O)C(CC)(CCC(C)C)C(=O)N=C1[O-].[Na+]. The molecule has 114 valence electrons. The summed E-state index contributed by atoms with van der Waals surface area (Å²) >= 11 is 0. The fourth-order valence-electron chi connectivity index (χ4n) is 2.43. The topological polar surface area (TPSA) is 72.8 Å². The van der Waals surface area contributed by atoms with Crippen LogP contribution in [0.5, 0.6) is 0 Å². The van der Waals surface area contributed by atoms with E-state index in [1.165, 1.54) is 0 Å². The molecule has 0 fully saturated rings. The van der Waals surface area contributed by atoms with Crippen LogP contribution in [0.2, 0.25) is 0 Å². The Labute approximate surface area is 149 Å². The van der Waals surface area contributed by atoms with Gasteiger partial charge in [0.25, 0.3) is 5.91 Å². The standard InChI is InChI=1S/C15H26N2O3.Na/c1-5-7-10-17-13(19)15(6-2,9-8-11(3)4)12(18)16-14(17)20;/h11H,5-10H2,1-4H3,(H,16,18,20);/q;+1/p-1. The number of nitrogens with zero attached hydrogens (tertiary/aromatic N) is 2. The van der Waals surface area contributed by atoms with Crippen LogP contribution in [0.15, 0.2) is 4.99 Å². The van der Waals surface area contributed by atoms with E-state index in [0.717, 1.165) is 24.2 Å². The molecule has 0 radical (unpaired) electrons. The van der Waals surface area contributed by atoms with Gasteiger partial charge >= 0.3 is 29.6 Å². The van der Waals surface area contributed by atoms with Gasteiger partial charge < -0.3 is 10.0 Å². The van der Waals surface area contributed by atoms with E-state index in [4.69, 9.17) is 0 Å². The Bertz CT molecular complexity index is 410. The Morgan fingerprint density at radius 3 is 2.38 bits per heavy atom. The first kappa shape index (κ1) is 20.6. The second kappa shape index (κ2) is 8.91. The van der Waals surface area contributed by atoms with Crippen molar-refractivity contribution < 1.29 is 44.3 Å². The first-order valence-electron chi connectivity index (χ1n) is 7.51. The fourth-order valence-corrected chi connectivity index (χ4v) is 2.43. The molecule has 0 aromatic rings. The van der Waals surface area contributed by atoms with E-state index in [-0.39, 0.29) is 35.5 Å². The van der Waals surface area contributed by atoms with E-state index in [9.17, 15) is 14.7 Å². The summed E-state index contributed by atoms with van der Waals surface area (Å²) < 4.78 is 0. The van der Waals surface area contributed by atoms with E-state index in [1.807, 2.05) is 13.8 Å². The number of aliphatic imine (C=N–C) groups is 1. The molecule has 1 rings (SSSR count). The summed E-state index contributed by atoms with van der Waals surface area (Å²) in [5.74, 6) is -0.497. The summed E-state index contributed by atoms with van der Waals surface area (Å²) in [7, 11) is 0. The monoisotopic (exact) mass is 304 g/mol. The van der Waals surface area contributed by atoms with Crippen LogP contribution in [0, 0.1) is 11.3 Å². The van der Waals surface area contributed by atoms with Gasteiger partial charge in [-0.25, -0.2) is 4.99 Å². The fraction of sp³-hybridized carbons (Fsp3) is 0.800. The maximum atomic E-state index is 12.6. The zero-order valence-electron chi connectivity index (χ0n) is 13.9. The van der Waals surface area contributed by atoms with Crippen molar-refractivity contribution in [3.63, 3.8) is 0 Å². The van der Waals surface area contributed by atoms with E-state index in [0.29, 0.717) is 25.3 Å². The zero-order valence-corrected chi connectivity index (χ0v) is 15.9. The number of carbonyl (C=O) groups excluding carboxylic acids is 2. The normalized spacial score (nSPS) is 22.3. The maximum Gasteiger partial charge on any atom is 1.00 e. The zero-order chi connectivity index (χ0) is 15.3.